The molecular weight excluding hydrogens is 314 g/mol. The fourth-order valence-electron chi connectivity index (χ4n) is 2.42. The molecule has 1 heterocycles. The van der Waals surface area contributed by atoms with Crippen LogP contribution in [0.5, 0.6) is 5.75 Å². The number of carbonyl (C=O) groups excluding carboxylic acids is 1. The zero-order valence-corrected chi connectivity index (χ0v) is 14.9. The Kier molecular flexibility index (Phi) is 8.99. The zero-order valence-electron chi connectivity index (χ0n) is 14.1. The molecule has 6 heteroatoms. The van der Waals surface area contributed by atoms with E-state index in [4.69, 9.17) is 4.74 Å². The first-order valence-electron chi connectivity index (χ1n) is 8.01. The number of aryl methyl sites for hydroxylation is 1. The van der Waals surface area contributed by atoms with Gasteiger partial charge in [0.05, 0.1) is 0 Å². The van der Waals surface area contributed by atoms with Crippen LogP contribution in [-0.2, 0) is 4.79 Å². The normalized spacial score (nSPS) is 14.5. The number of likely N-dealkylation sites (N-methyl/N-ethyl adjacent to an activating group) is 1. The van der Waals surface area contributed by atoms with Crippen LogP contribution < -0.4 is 10.1 Å². The van der Waals surface area contributed by atoms with E-state index in [1.807, 2.05) is 36.2 Å². The highest BCUT2D eigenvalue weighted by molar-refractivity contribution is 5.85. The van der Waals surface area contributed by atoms with Crippen molar-refractivity contribution in [3.8, 4) is 5.75 Å². The number of rotatable bonds is 7. The smallest absolute Gasteiger partial charge is 0.223 e. The Labute approximate surface area is 145 Å². The molecule has 1 aliphatic rings. The molecule has 1 N–H and O–H groups in total. The predicted octanol–water partition coefficient (Wildman–Crippen LogP) is 1.55. The summed E-state index contributed by atoms with van der Waals surface area (Å²) in [5, 5.41) is 3.26. The molecule has 2 rings (SSSR count). The summed E-state index contributed by atoms with van der Waals surface area (Å²) in [6.45, 7) is 7.78. The van der Waals surface area contributed by atoms with E-state index in [1.165, 1.54) is 5.56 Å². The number of hydrogen-bond donors (Lipinski definition) is 1. The predicted molar refractivity (Wildman–Crippen MR) is 95.5 cm³/mol. The average Bonchev–Trinajstić information content (AvgIpc) is 2.55. The first-order valence-corrected chi connectivity index (χ1v) is 8.01. The third kappa shape index (κ3) is 7.20. The minimum Gasteiger partial charge on any atom is -0.492 e. The maximum atomic E-state index is 12.1. The lowest BCUT2D eigenvalue weighted by Gasteiger charge is -2.28. The van der Waals surface area contributed by atoms with Crippen LogP contribution in [0.3, 0.4) is 0 Å². The molecule has 1 aromatic carbocycles. The van der Waals surface area contributed by atoms with Crippen LogP contribution in [0.2, 0.25) is 0 Å². The largest absolute Gasteiger partial charge is 0.492 e. The van der Waals surface area contributed by atoms with Gasteiger partial charge >= 0.3 is 0 Å². The van der Waals surface area contributed by atoms with Gasteiger partial charge in [-0.2, -0.15) is 0 Å². The summed E-state index contributed by atoms with van der Waals surface area (Å²) in [5.41, 5.74) is 1.23. The Morgan fingerprint density at radius 2 is 1.87 bits per heavy atom. The molecule has 1 aliphatic heterocycles. The summed E-state index contributed by atoms with van der Waals surface area (Å²) in [6, 6.07) is 8.07. The second kappa shape index (κ2) is 10.5. The molecule has 0 saturated carbocycles. The van der Waals surface area contributed by atoms with Gasteiger partial charge in [-0.1, -0.05) is 17.7 Å². The second-order valence-electron chi connectivity index (χ2n) is 5.85. The molecule has 0 radical (unpaired) electrons. The van der Waals surface area contributed by atoms with Gasteiger partial charge in [0.2, 0.25) is 5.91 Å². The van der Waals surface area contributed by atoms with E-state index in [2.05, 4.69) is 17.1 Å². The summed E-state index contributed by atoms with van der Waals surface area (Å²) in [5.74, 6) is 1.16. The van der Waals surface area contributed by atoms with E-state index in [0.717, 1.165) is 45.0 Å². The number of nitrogens with one attached hydrogen (secondary N) is 1. The van der Waals surface area contributed by atoms with Gasteiger partial charge in [0.1, 0.15) is 12.4 Å². The fourth-order valence-corrected chi connectivity index (χ4v) is 2.42. The fraction of sp³-hybridized carbons (Fsp3) is 0.588. The maximum Gasteiger partial charge on any atom is 0.223 e. The highest BCUT2D eigenvalue weighted by Gasteiger charge is 2.16. The third-order valence-electron chi connectivity index (χ3n) is 3.94. The quantitative estimate of drug-likeness (QED) is 0.817. The minimum atomic E-state index is 0. The first kappa shape index (κ1) is 19.7. The molecule has 1 amide bonds. The van der Waals surface area contributed by atoms with E-state index in [9.17, 15) is 4.79 Å². The number of halogens is 1. The molecular formula is C17H28ClN3O2. The van der Waals surface area contributed by atoms with Gasteiger partial charge in [-0.15, -0.1) is 12.4 Å². The summed E-state index contributed by atoms with van der Waals surface area (Å²) in [4.78, 5) is 16.2. The van der Waals surface area contributed by atoms with Gasteiger partial charge in [-0.25, -0.2) is 0 Å². The van der Waals surface area contributed by atoms with E-state index in [1.54, 1.807) is 0 Å². The number of hydrogen-bond acceptors (Lipinski definition) is 4. The Morgan fingerprint density at radius 3 is 2.52 bits per heavy atom. The molecule has 1 aromatic rings. The SMILES string of the molecule is Cc1ccc(OCCN(C)CCC(=O)N2CCNCC2)cc1.Cl. The standard InChI is InChI=1S/C17H27N3O2.ClH/c1-15-3-5-16(6-4-15)22-14-13-19(2)10-7-17(21)20-11-8-18-9-12-20;/h3-6,18H,7-14H2,1-2H3;1H. The average molecular weight is 342 g/mol. The van der Waals surface area contributed by atoms with Crippen LogP contribution in [0.4, 0.5) is 0 Å². The van der Waals surface area contributed by atoms with Crippen molar-refractivity contribution in [1.29, 1.82) is 0 Å². The topological polar surface area (TPSA) is 44.8 Å². The molecule has 23 heavy (non-hydrogen) atoms. The number of amides is 1. The Balaban J connectivity index is 0.00000264. The van der Waals surface area contributed by atoms with Crippen molar-refractivity contribution in [3.05, 3.63) is 29.8 Å². The molecule has 0 spiro atoms. The van der Waals surface area contributed by atoms with Crippen LogP contribution in [0.1, 0.15) is 12.0 Å². The lowest BCUT2D eigenvalue weighted by molar-refractivity contribution is -0.132. The van der Waals surface area contributed by atoms with Gasteiger partial charge in [0.25, 0.3) is 0 Å². The van der Waals surface area contributed by atoms with Gasteiger partial charge in [-0.05, 0) is 26.1 Å². The first-order chi connectivity index (χ1) is 10.6. The van der Waals surface area contributed by atoms with Gasteiger partial charge in [0, 0.05) is 45.7 Å². The molecule has 1 saturated heterocycles. The Bertz CT molecular complexity index is 461. The molecule has 0 bridgehead atoms. The molecule has 5 nitrogen and oxygen atoms in total. The summed E-state index contributed by atoms with van der Waals surface area (Å²) >= 11 is 0. The van der Waals surface area contributed by atoms with Crippen molar-refractivity contribution in [1.82, 2.24) is 15.1 Å². The number of ether oxygens (including phenoxy) is 1. The lowest BCUT2D eigenvalue weighted by Crippen LogP contribution is -2.47. The molecule has 130 valence electrons. The zero-order chi connectivity index (χ0) is 15.8. The summed E-state index contributed by atoms with van der Waals surface area (Å²) in [6.07, 6.45) is 0.584. The highest BCUT2D eigenvalue weighted by Crippen LogP contribution is 2.11. The van der Waals surface area contributed by atoms with Crippen molar-refractivity contribution in [2.24, 2.45) is 0 Å². The van der Waals surface area contributed by atoms with Crippen LogP contribution in [0.25, 0.3) is 0 Å². The monoisotopic (exact) mass is 341 g/mol. The molecule has 0 aliphatic carbocycles. The Morgan fingerprint density at radius 1 is 1.22 bits per heavy atom. The molecule has 0 atom stereocenters. The molecule has 0 aromatic heterocycles. The number of nitrogens with zero attached hydrogens (tertiary/aromatic N) is 2. The van der Waals surface area contributed by atoms with Crippen molar-refractivity contribution in [2.75, 3.05) is 52.9 Å². The lowest BCUT2D eigenvalue weighted by atomic mass is 10.2. The van der Waals surface area contributed by atoms with Gasteiger partial charge < -0.3 is 19.9 Å². The van der Waals surface area contributed by atoms with Gasteiger partial charge in [-0.3, -0.25) is 4.79 Å². The van der Waals surface area contributed by atoms with Crippen molar-refractivity contribution < 1.29 is 9.53 Å². The minimum absolute atomic E-state index is 0. The third-order valence-corrected chi connectivity index (χ3v) is 3.94. The van der Waals surface area contributed by atoms with E-state index >= 15 is 0 Å². The summed E-state index contributed by atoms with van der Waals surface area (Å²) < 4.78 is 5.71. The van der Waals surface area contributed by atoms with Crippen LogP contribution >= 0.6 is 12.4 Å². The van der Waals surface area contributed by atoms with Crippen molar-refractivity contribution in [3.63, 3.8) is 0 Å². The second-order valence-corrected chi connectivity index (χ2v) is 5.85. The van der Waals surface area contributed by atoms with E-state index in [-0.39, 0.29) is 18.3 Å². The summed E-state index contributed by atoms with van der Waals surface area (Å²) in [7, 11) is 2.03. The van der Waals surface area contributed by atoms with Crippen molar-refractivity contribution in [2.45, 2.75) is 13.3 Å². The Hall–Kier alpha value is -1.30. The number of carbonyl (C=O) groups is 1. The van der Waals surface area contributed by atoms with Gasteiger partial charge in [0.15, 0.2) is 0 Å². The number of piperazine rings is 1. The van der Waals surface area contributed by atoms with Crippen LogP contribution in [0.15, 0.2) is 24.3 Å². The number of benzene rings is 1. The van der Waals surface area contributed by atoms with E-state index < -0.39 is 0 Å². The maximum absolute atomic E-state index is 12.1. The molecule has 0 unspecified atom stereocenters. The van der Waals surface area contributed by atoms with E-state index in [0.29, 0.717) is 13.0 Å². The highest BCUT2D eigenvalue weighted by atomic mass is 35.5. The van der Waals surface area contributed by atoms with Crippen LogP contribution in [0, 0.1) is 6.92 Å². The van der Waals surface area contributed by atoms with Crippen LogP contribution in [-0.4, -0.2) is 68.6 Å². The molecule has 1 fully saturated rings. The van der Waals surface area contributed by atoms with Crippen molar-refractivity contribution >= 4 is 18.3 Å².